The lowest BCUT2D eigenvalue weighted by atomic mass is 10.1. The topological polar surface area (TPSA) is 90.5 Å². The van der Waals surface area contributed by atoms with Crippen molar-refractivity contribution in [1.29, 1.82) is 0 Å². The van der Waals surface area contributed by atoms with Gasteiger partial charge in [0.2, 0.25) is 11.7 Å². The van der Waals surface area contributed by atoms with Gasteiger partial charge in [-0.25, -0.2) is 0 Å². The number of benzene rings is 3. The zero-order valence-corrected chi connectivity index (χ0v) is 20.3. The Morgan fingerprint density at radius 2 is 1.83 bits per heavy atom. The summed E-state index contributed by atoms with van der Waals surface area (Å²) in [6.07, 6.45) is 0.671. The number of thioether (sulfide) groups is 1. The van der Waals surface area contributed by atoms with Gasteiger partial charge in [-0.15, -0.1) is 10.2 Å². The van der Waals surface area contributed by atoms with Crippen molar-refractivity contribution in [3.8, 4) is 0 Å². The molecule has 1 atom stereocenters. The Labute approximate surface area is 205 Å². The molecule has 0 aliphatic rings. The molecule has 0 spiro atoms. The van der Waals surface area contributed by atoms with Crippen LogP contribution in [0.3, 0.4) is 0 Å². The number of aryl methyl sites for hydroxylation is 1. The highest BCUT2D eigenvalue weighted by Crippen LogP contribution is 2.26. The molecule has 0 unspecified atom stereocenters. The van der Waals surface area contributed by atoms with E-state index in [0.29, 0.717) is 41.4 Å². The molecule has 0 saturated carbocycles. The standard InChI is InChI=1S/C26H25N5O3S/c1-17(23(32)27-20-13-12-18-8-3-4-9-19(18)16-20)35-26-29-28-25-30(14-7-15-34-2)24(33)21-10-5-6-11-22(21)31(25)26/h3-6,8-13,16-17H,7,14-15H2,1-2H3,(H,27,32)/t17-/m0/s1. The van der Waals surface area contributed by atoms with Crippen molar-refractivity contribution in [3.05, 3.63) is 77.1 Å². The summed E-state index contributed by atoms with van der Waals surface area (Å²) >= 11 is 1.31. The van der Waals surface area contributed by atoms with Crippen molar-refractivity contribution in [1.82, 2.24) is 19.2 Å². The summed E-state index contributed by atoms with van der Waals surface area (Å²) < 4.78 is 8.63. The molecule has 5 aromatic rings. The van der Waals surface area contributed by atoms with Gasteiger partial charge in [0.1, 0.15) is 0 Å². The smallest absolute Gasteiger partial charge is 0.262 e. The Hall–Kier alpha value is -3.69. The first kappa shape index (κ1) is 23.1. The van der Waals surface area contributed by atoms with Crippen LogP contribution in [0.2, 0.25) is 0 Å². The van der Waals surface area contributed by atoms with E-state index in [-0.39, 0.29) is 11.5 Å². The van der Waals surface area contributed by atoms with Crippen molar-refractivity contribution in [2.45, 2.75) is 30.3 Å². The van der Waals surface area contributed by atoms with E-state index >= 15 is 0 Å². The highest BCUT2D eigenvalue weighted by atomic mass is 32.2. The fourth-order valence-electron chi connectivity index (χ4n) is 4.10. The minimum absolute atomic E-state index is 0.116. The maximum absolute atomic E-state index is 13.1. The van der Waals surface area contributed by atoms with E-state index in [0.717, 1.165) is 16.5 Å². The highest BCUT2D eigenvalue weighted by Gasteiger charge is 2.21. The number of nitrogens with one attached hydrogen (secondary N) is 1. The second-order valence-electron chi connectivity index (χ2n) is 8.25. The first-order valence-electron chi connectivity index (χ1n) is 11.4. The fraction of sp³-hybridized carbons (Fsp3) is 0.231. The average Bonchev–Trinajstić information content (AvgIpc) is 3.29. The predicted octanol–water partition coefficient (Wildman–Crippen LogP) is 4.35. The number of hydrogen-bond acceptors (Lipinski definition) is 6. The molecule has 0 fully saturated rings. The van der Waals surface area contributed by atoms with Crippen molar-refractivity contribution in [2.75, 3.05) is 19.0 Å². The number of carbonyl (C=O) groups is 1. The van der Waals surface area contributed by atoms with Gasteiger partial charge in [-0.05, 0) is 48.4 Å². The molecule has 178 valence electrons. The summed E-state index contributed by atoms with van der Waals surface area (Å²) in [5, 5.41) is 14.5. The van der Waals surface area contributed by atoms with Gasteiger partial charge in [0.05, 0.1) is 16.2 Å². The van der Waals surface area contributed by atoms with Gasteiger partial charge in [-0.1, -0.05) is 54.2 Å². The molecule has 0 radical (unpaired) electrons. The second kappa shape index (κ2) is 9.89. The largest absolute Gasteiger partial charge is 0.385 e. The maximum Gasteiger partial charge on any atom is 0.262 e. The number of anilines is 1. The van der Waals surface area contributed by atoms with E-state index in [4.69, 9.17) is 4.74 Å². The number of rotatable bonds is 8. The van der Waals surface area contributed by atoms with Crippen LogP contribution in [0.15, 0.2) is 76.7 Å². The summed E-state index contributed by atoms with van der Waals surface area (Å²) in [5.41, 5.74) is 1.34. The quantitative estimate of drug-likeness (QED) is 0.258. The number of fused-ring (bicyclic) bond motifs is 4. The number of methoxy groups -OCH3 is 1. The van der Waals surface area contributed by atoms with Crippen molar-refractivity contribution < 1.29 is 9.53 Å². The van der Waals surface area contributed by atoms with E-state index in [1.165, 1.54) is 11.8 Å². The van der Waals surface area contributed by atoms with Crippen molar-refractivity contribution >= 4 is 50.8 Å². The maximum atomic E-state index is 13.1. The summed E-state index contributed by atoms with van der Waals surface area (Å²) in [6.45, 7) is 2.83. The number of ether oxygens (including phenoxy) is 1. The molecule has 1 amide bonds. The molecule has 8 nitrogen and oxygen atoms in total. The van der Waals surface area contributed by atoms with Gasteiger partial charge in [0, 0.05) is 25.9 Å². The molecule has 9 heteroatoms. The number of hydrogen-bond donors (Lipinski definition) is 1. The van der Waals surface area contributed by atoms with Crippen LogP contribution in [0, 0.1) is 0 Å². The van der Waals surface area contributed by atoms with E-state index in [2.05, 4.69) is 15.5 Å². The van der Waals surface area contributed by atoms with Gasteiger partial charge < -0.3 is 10.1 Å². The highest BCUT2D eigenvalue weighted by molar-refractivity contribution is 8.00. The minimum Gasteiger partial charge on any atom is -0.385 e. The van der Waals surface area contributed by atoms with Crippen LogP contribution in [0.1, 0.15) is 13.3 Å². The molecule has 1 N–H and O–H groups in total. The summed E-state index contributed by atoms with van der Waals surface area (Å²) in [7, 11) is 1.63. The van der Waals surface area contributed by atoms with Crippen molar-refractivity contribution in [2.24, 2.45) is 0 Å². The number of carbonyl (C=O) groups excluding carboxylic acids is 1. The molecule has 2 heterocycles. The lowest BCUT2D eigenvalue weighted by Crippen LogP contribution is -2.24. The molecule has 3 aromatic carbocycles. The van der Waals surface area contributed by atoms with E-state index in [1.54, 1.807) is 17.7 Å². The Kier molecular flexibility index (Phi) is 6.52. The van der Waals surface area contributed by atoms with Crippen LogP contribution in [0.5, 0.6) is 0 Å². The first-order valence-corrected chi connectivity index (χ1v) is 12.3. The SMILES string of the molecule is COCCCn1c(=O)c2ccccc2n2c(S[C@@H](C)C(=O)Nc3ccc4ccccc4c3)nnc12. The lowest BCUT2D eigenvalue weighted by molar-refractivity contribution is -0.115. The zero-order valence-electron chi connectivity index (χ0n) is 19.5. The fourth-order valence-corrected chi connectivity index (χ4v) is 4.96. The number of nitrogens with zero attached hydrogens (tertiary/aromatic N) is 4. The Balaban J connectivity index is 1.45. The van der Waals surface area contributed by atoms with Gasteiger partial charge in [0.15, 0.2) is 5.16 Å². The molecule has 0 aliphatic heterocycles. The van der Waals surface area contributed by atoms with Crippen LogP contribution in [-0.2, 0) is 16.1 Å². The summed E-state index contributed by atoms with van der Waals surface area (Å²) in [6, 6.07) is 21.3. The lowest BCUT2D eigenvalue weighted by Gasteiger charge is -2.13. The molecule has 5 rings (SSSR count). The monoisotopic (exact) mass is 487 g/mol. The second-order valence-corrected chi connectivity index (χ2v) is 9.56. The predicted molar refractivity (Wildman–Crippen MR) is 139 cm³/mol. The van der Waals surface area contributed by atoms with Gasteiger partial charge in [-0.3, -0.25) is 18.6 Å². The van der Waals surface area contributed by atoms with Gasteiger partial charge in [-0.2, -0.15) is 0 Å². The zero-order chi connectivity index (χ0) is 24.4. The molecular formula is C26H25N5O3S. The molecule has 35 heavy (non-hydrogen) atoms. The number of para-hydroxylation sites is 1. The number of amides is 1. The van der Waals surface area contributed by atoms with E-state index < -0.39 is 5.25 Å². The first-order chi connectivity index (χ1) is 17.1. The third-order valence-electron chi connectivity index (χ3n) is 5.88. The Morgan fingerprint density at radius 3 is 2.66 bits per heavy atom. The normalized spacial score (nSPS) is 12.4. The van der Waals surface area contributed by atoms with Crippen LogP contribution < -0.4 is 10.9 Å². The minimum atomic E-state index is -0.443. The Bertz CT molecular complexity index is 1590. The molecule has 0 saturated heterocycles. The van der Waals surface area contributed by atoms with Crippen LogP contribution >= 0.6 is 11.8 Å². The third-order valence-corrected chi connectivity index (χ3v) is 6.92. The van der Waals surface area contributed by atoms with E-state index in [1.807, 2.05) is 72.0 Å². The third kappa shape index (κ3) is 4.52. The summed E-state index contributed by atoms with van der Waals surface area (Å²) in [4.78, 5) is 26.2. The van der Waals surface area contributed by atoms with Gasteiger partial charge in [0.25, 0.3) is 5.56 Å². The Morgan fingerprint density at radius 1 is 1.06 bits per heavy atom. The summed E-state index contributed by atoms with van der Waals surface area (Å²) in [5.74, 6) is 0.314. The molecule has 0 bridgehead atoms. The van der Waals surface area contributed by atoms with Crippen LogP contribution in [-0.4, -0.2) is 44.0 Å². The van der Waals surface area contributed by atoms with Crippen LogP contribution in [0.25, 0.3) is 27.5 Å². The van der Waals surface area contributed by atoms with E-state index in [9.17, 15) is 9.59 Å². The molecule has 2 aromatic heterocycles. The molecular weight excluding hydrogens is 462 g/mol. The van der Waals surface area contributed by atoms with Gasteiger partial charge >= 0.3 is 0 Å². The van der Waals surface area contributed by atoms with Crippen molar-refractivity contribution in [3.63, 3.8) is 0 Å². The average molecular weight is 488 g/mol. The van der Waals surface area contributed by atoms with Crippen LogP contribution in [0.4, 0.5) is 5.69 Å². The molecule has 0 aliphatic carbocycles. The number of aromatic nitrogens is 4.